The lowest BCUT2D eigenvalue weighted by molar-refractivity contribution is -0.133. The Labute approximate surface area is 146 Å². The van der Waals surface area contributed by atoms with Gasteiger partial charge in [-0.15, -0.1) is 11.3 Å². The minimum Gasteiger partial charge on any atom is -0.383 e. The smallest absolute Gasteiger partial charge is 0.252 e. The molecular formula is C15H23N3O4S2. The van der Waals surface area contributed by atoms with Gasteiger partial charge in [-0.2, -0.15) is 4.31 Å². The fraction of sp³-hybridized carbons (Fsp3) is 0.667. The first-order valence-corrected chi connectivity index (χ1v) is 10.4. The molecule has 3 heterocycles. The quantitative estimate of drug-likeness (QED) is 0.717. The summed E-state index contributed by atoms with van der Waals surface area (Å²) in [5.41, 5.74) is 0. The van der Waals surface area contributed by atoms with Crippen LogP contribution in [0.2, 0.25) is 0 Å². The van der Waals surface area contributed by atoms with Gasteiger partial charge in [-0.05, 0) is 17.9 Å². The molecule has 0 N–H and O–H groups in total. The lowest BCUT2D eigenvalue weighted by Gasteiger charge is -2.36. The Balaban J connectivity index is 1.57. The summed E-state index contributed by atoms with van der Waals surface area (Å²) in [7, 11) is -1.76. The monoisotopic (exact) mass is 373 g/mol. The molecule has 1 aromatic heterocycles. The second kappa shape index (κ2) is 7.49. The molecule has 0 aromatic carbocycles. The first-order chi connectivity index (χ1) is 11.5. The topological polar surface area (TPSA) is 70.2 Å². The van der Waals surface area contributed by atoms with Gasteiger partial charge in [0.2, 0.25) is 5.91 Å². The van der Waals surface area contributed by atoms with Crippen molar-refractivity contribution in [1.82, 2.24) is 14.1 Å². The highest BCUT2D eigenvalue weighted by molar-refractivity contribution is 7.91. The Hall–Kier alpha value is -1.00. The molecule has 134 valence electrons. The summed E-state index contributed by atoms with van der Waals surface area (Å²) >= 11 is 1.24. The number of carbonyl (C=O) groups excluding carboxylic acids is 1. The molecule has 0 radical (unpaired) electrons. The van der Waals surface area contributed by atoms with Gasteiger partial charge in [-0.1, -0.05) is 6.07 Å². The third-order valence-corrected chi connectivity index (χ3v) is 7.91. The van der Waals surface area contributed by atoms with Crippen LogP contribution in [0.5, 0.6) is 0 Å². The number of hydrogen-bond donors (Lipinski definition) is 0. The Morgan fingerprint density at radius 3 is 2.62 bits per heavy atom. The summed E-state index contributed by atoms with van der Waals surface area (Å²) in [6.07, 6.45) is 0.806. The van der Waals surface area contributed by atoms with Crippen LogP contribution in [0, 0.1) is 0 Å². The van der Waals surface area contributed by atoms with Crippen molar-refractivity contribution < 1.29 is 17.9 Å². The number of nitrogens with zero attached hydrogens (tertiary/aromatic N) is 3. The van der Waals surface area contributed by atoms with Crippen LogP contribution < -0.4 is 0 Å². The summed E-state index contributed by atoms with van der Waals surface area (Å²) < 4.78 is 32.0. The number of likely N-dealkylation sites (tertiary alicyclic amines) is 1. The number of carbonyl (C=O) groups is 1. The molecule has 24 heavy (non-hydrogen) atoms. The molecule has 3 rings (SSSR count). The number of ether oxygens (including phenoxy) is 1. The van der Waals surface area contributed by atoms with Crippen molar-refractivity contribution in [1.29, 1.82) is 0 Å². The van der Waals surface area contributed by atoms with Crippen molar-refractivity contribution >= 4 is 27.3 Å². The van der Waals surface area contributed by atoms with Crippen LogP contribution >= 0.6 is 11.3 Å². The van der Waals surface area contributed by atoms with E-state index in [4.69, 9.17) is 4.74 Å². The molecule has 2 fully saturated rings. The Morgan fingerprint density at radius 2 is 2.00 bits per heavy atom. The van der Waals surface area contributed by atoms with Crippen LogP contribution in [0.1, 0.15) is 6.42 Å². The van der Waals surface area contributed by atoms with Crippen molar-refractivity contribution in [2.24, 2.45) is 0 Å². The van der Waals surface area contributed by atoms with Crippen LogP contribution in [-0.4, -0.2) is 87.5 Å². The van der Waals surface area contributed by atoms with Gasteiger partial charge < -0.3 is 9.64 Å². The highest BCUT2D eigenvalue weighted by atomic mass is 32.2. The molecule has 1 amide bonds. The normalized spacial score (nSPS) is 24.0. The van der Waals surface area contributed by atoms with Crippen molar-refractivity contribution in [2.75, 3.05) is 53.0 Å². The Bertz CT molecular complexity index is 654. The number of sulfonamides is 1. The van der Waals surface area contributed by atoms with Crippen LogP contribution in [0.4, 0.5) is 0 Å². The SMILES string of the molecule is COCCN1CCC(N2CCN(S(=O)(=O)c3cccs3)CC2)C1=O. The molecule has 1 atom stereocenters. The number of amides is 1. The van der Waals surface area contributed by atoms with Gasteiger partial charge in [-0.25, -0.2) is 8.42 Å². The maximum atomic E-state index is 12.5. The molecule has 2 saturated heterocycles. The number of rotatable bonds is 6. The maximum absolute atomic E-state index is 12.5. The molecule has 1 unspecified atom stereocenters. The fourth-order valence-corrected chi connectivity index (χ4v) is 5.84. The van der Waals surface area contributed by atoms with E-state index in [1.165, 1.54) is 15.6 Å². The average Bonchev–Trinajstić information content (AvgIpc) is 3.24. The number of piperazine rings is 1. The molecule has 9 heteroatoms. The van der Waals surface area contributed by atoms with Gasteiger partial charge in [0.15, 0.2) is 0 Å². The van der Waals surface area contributed by atoms with Crippen molar-refractivity contribution in [3.63, 3.8) is 0 Å². The van der Waals surface area contributed by atoms with Crippen LogP contribution in [0.3, 0.4) is 0 Å². The Kier molecular flexibility index (Phi) is 5.56. The molecule has 2 aliphatic rings. The summed E-state index contributed by atoms with van der Waals surface area (Å²) in [5, 5.41) is 1.77. The molecule has 2 aliphatic heterocycles. The Morgan fingerprint density at radius 1 is 1.25 bits per heavy atom. The van der Waals surface area contributed by atoms with E-state index in [2.05, 4.69) is 4.90 Å². The largest absolute Gasteiger partial charge is 0.383 e. The van der Waals surface area contributed by atoms with Gasteiger partial charge in [0, 0.05) is 46.4 Å². The van der Waals surface area contributed by atoms with Crippen molar-refractivity contribution in [3.05, 3.63) is 17.5 Å². The van der Waals surface area contributed by atoms with E-state index in [0.29, 0.717) is 43.5 Å². The minimum absolute atomic E-state index is 0.117. The third kappa shape index (κ3) is 3.50. The summed E-state index contributed by atoms with van der Waals surface area (Å²) in [6, 6.07) is 3.27. The molecule has 0 aliphatic carbocycles. The van der Waals surface area contributed by atoms with E-state index in [9.17, 15) is 13.2 Å². The lowest BCUT2D eigenvalue weighted by Crippen LogP contribution is -2.53. The van der Waals surface area contributed by atoms with E-state index >= 15 is 0 Å². The van der Waals surface area contributed by atoms with Gasteiger partial charge in [0.25, 0.3) is 10.0 Å². The highest BCUT2D eigenvalue weighted by Crippen LogP contribution is 2.24. The second-order valence-corrected chi connectivity index (χ2v) is 9.11. The number of hydrogen-bond acceptors (Lipinski definition) is 6. The predicted octanol–water partition coefficient (Wildman–Crippen LogP) is 0.302. The average molecular weight is 374 g/mol. The summed E-state index contributed by atoms with van der Waals surface area (Å²) in [4.78, 5) is 16.4. The molecule has 0 spiro atoms. The van der Waals surface area contributed by atoms with E-state index in [0.717, 1.165) is 13.0 Å². The van der Waals surface area contributed by atoms with Crippen LogP contribution in [0.25, 0.3) is 0 Å². The molecular weight excluding hydrogens is 350 g/mol. The van der Waals surface area contributed by atoms with Gasteiger partial charge >= 0.3 is 0 Å². The van der Waals surface area contributed by atoms with Crippen molar-refractivity contribution in [3.8, 4) is 0 Å². The maximum Gasteiger partial charge on any atom is 0.252 e. The summed E-state index contributed by atoms with van der Waals surface area (Å²) in [6.45, 7) is 3.98. The molecule has 7 nitrogen and oxygen atoms in total. The first kappa shape index (κ1) is 17.8. The minimum atomic E-state index is -3.39. The predicted molar refractivity (Wildman–Crippen MR) is 91.5 cm³/mol. The van der Waals surface area contributed by atoms with E-state index in [-0.39, 0.29) is 11.9 Å². The van der Waals surface area contributed by atoms with Crippen LogP contribution in [0.15, 0.2) is 21.7 Å². The first-order valence-electron chi connectivity index (χ1n) is 8.09. The zero-order valence-electron chi connectivity index (χ0n) is 13.8. The summed E-state index contributed by atoms with van der Waals surface area (Å²) in [5.74, 6) is 0.140. The van der Waals surface area contributed by atoms with Gasteiger partial charge in [0.1, 0.15) is 4.21 Å². The molecule has 0 bridgehead atoms. The van der Waals surface area contributed by atoms with E-state index in [1.54, 1.807) is 24.6 Å². The number of thiophene rings is 1. The fourth-order valence-electron chi connectivity index (χ4n) is 3.28. The zero-order valence-corrected chi connectivity index (χ0v) is 15.4. The molecule has 1 aromatic rings. The zero-order chi connectivity index (χ0) is 17.2. The van der Waals surface area contributed by atoms with Crippen molar-refractivity contribution in [2.45, 2.75) is 16.7 Å². The lowest BCUT2D eigenvalue weighted by atomic mass is 10.2. The van der Waals surface area contributed by atoms with Gasteiger partial charge in [-0.3, -0.25) is 9.69 Å². The van der Waals surface area contributed by atoms with E-state index < -0.39 is 10.0 Å². The van der Waals surface area contributed by atoms with E-state index in [1.807, 2.05) is 4.90 Å². The third-order valence-electron chi connectivity index (χ3n) is 4.64. The standard InChI is InChI=1S/C15H23N3O4S2/c1-22-11-10-17-5-4-13(15(17)19)16-6-8-18(9-7-16)24(20,21)14-3-2-12-23-14/h2-3,12-13H,4-11H2,1H3. The second-order valence-electron chi connectivity index (χ2n) is 5.99. The molecule has 0 saturated carbocycles. The van der Waals surface area contributed by atoms with Gasteiger partial charge in [0.05, 0.1) is 12.6 Å². The highest BCUT2D eigenvalue weighted by Gasteiger charge is 2.38. The number of methoxy groups -OCH3 is 1. The van der Waals surface area contributed by atoms with Crippen LogP contribution in [-0.2, 0) is 19.6 Å².